The molecule has 3 heteroatoms. The van der Waals surface area contributed by atoms with E-state index >= 15 is 0 Å². The van der Waals surface area contributed by atoms with Crippen molar-refractivity contribution in [2.24, 2.45) is 5.16 Å². The highest BCUT2D eigenvalue weighted by Crippen LogP contribution is 2.44. The van der Waals surface area contributed by atoms with Gasteiger partial charge in [-0.3, -0.25) is 0 Å². The molecule has 2 aromatic rings. The number of benzene rings is 2. The van der Waals surface area contributed by atoms with E-state index in [2.05, 4.69) is 47.8 Å². The van der Waals surface area contributed by atoms with Crippen LogP contribution in [-0.4, -0.2) is 6.21 Å². The topological polar surface area (TPSA) is 21.6 Å². The Labute approximate surface area is 122 Å². The molecule has 0 fully saturated rings. The van der Waals surface area contributed by atoms with E-state index in [9.17, 15) is 0 Å². The van der Waals surface area contributed by atoms with Crippen LogP contribution in [0.2, 0.25) is 0 Å². The largest absolute Gasteiger partial charge is 0.356 e. The summed E-state index contributed by atoms with van der Waals surface area (Å²) in [7, 11) is 0. The lowest BCUT2D eigenvalue weighted by Gasteiger charge is -2.24. The molecule has 0 saturated carbocycles. The second kappa shape index (κ2) is 4.84. The molecular weight excluding hydrogens is 266 g/mol. The van der Waals surface area contributed by atoms with Crippen LogP contribution in [0.3, 0.4) is 0 Å². The molecule has 0 spiro atoms. The maximum Gasteiger partial charge on any atom is 0.162 e. The average molecular weight is 278 g/mol. The first-order valence-electron chi connectivity index (χ1n) is 6.59. The van der Waals surface area contributed by atoms with Crippen molar-refractivity contribution in [3.05, 3.63) is 70.6 Å². The van der Waals surface area contributed by atoms with Crippen LogP contribution < -0.4 is 4.84 Å². The first-order chi connectivity index (χ1) is 9.92. The number of nitrogens with zero attached hydrogens (tertiary/aromatic N) is 1. The first kappa shape index (κ1) is 11.8. The molecule has 0 saturated heterocycles. The van der Waals surface area contributed by atoms with Gasteiger partial charge in [-0.15, -0.1) is 0 Å². The highest BCUT2D eigenvalue weighted by atomic mass is 32.2. The van der Waals surface area contributed by atoms with Crippen molar-refractivity contribution in [3.8, 4) is 5.75 Å². The van der Waals surface area contributed by atoms with E-state index in [0.29, 0.717) is 0 Å². The zero-order valence-electron chi connectivity index (χ0n) is 10.7. The summed E-state index contributed by atoms with van der Waals surface area (Å²) >= 11 is 1.81. The molecule has 2 nitrogen and oxygen atoms in total. The van der Waals surface area contributed by atoms with Gasteiger partial charge in [0.15, 0.2) is 5.75 Å². The number of rotatable bonds is 1. The highest BCUT2D eigenvalue weighted by Gasteiger charge is 2.25. The minimum absolute atomic E-state index is 0.0818. The van der Waals surface area contributed by atoms with Gasteiger partial charge < -0.3 is 4.84 Å². The van der Waals surface area contributed by atoms with Crippen LogP contribution in [0.15, 0.2) is 69.6 Å². The normalized spacial score (nSPS) is 19.6. The summed E-state index contributed by atoms with van der Waals surface area (Å²) < 4.78 is 0. The van der Waals surface area contributed by atoms with Gasteiger partial charge in [0, 0.05) is 10.5 Å². The van der Waals surface area contributed by atoms with Gasteiger partial charge >= 0.3 is 0 Å². The Morgan fingerprint density at radius 2 is 1.95 bits per heavy atom. The molecule has 2 aliphatic heterocycles. The third-order valence-corrected chi connectivity index (χ3v) is 4.82. The maximum absolute atomic E-state index is 5.29. The second-order valence-electron chi connectivity index (χ2n) is 4.80. The van der Waals surface area contributed by atoms with Crippen LogP contribution in [0, 0.1) is 0 Å². The fraction of sp³-hybridized carbons (Fsp3) is 0.118. The molecule has 0 aromatic heterocycles. The highest BCUT2D eigenvalue weighted by molar-refractivity contribution is 8.03. The van der Waals surface area contributed by atoms with Crippen molar-refractivity contribution in [1.82, 2.24) is 0 Å². The summed E-state index contributed by atoms with van der Waals surface area (Å²) in [6, 6.07) is 16.6. The molecule has 0 aliphatic carbocycles. The number of hydrogen-bond donors (Lipinski definition) is 0. The fourth-order valence-electron chi connectivity index (χ4n) is 2.54. The number of fused-ring (bicyclic) bond motifs is 2. The summed E-state index contributed by atoms with van der Waals surface area (Å²) in [4.78, 5) is 7.90. The monoisotopic (exact) mass is 278 g/mol. The standard InChI is InChI=1S/C17H12NOS/c1-4-8-16-12(5-1)9-10-17(20-16)14-11-18-19-15-7-3-2-6-13(14)15/h1-8,10,14H,9H2. The lowest BCUT2D eigenvalue weighted by Crippen LogP contribution is -2.11. The smallest absolute Gasteiger partial charge is 0.162 e. The van der Waals surface area contributed by atoms with Gasteiger partial charge in [-0.1, -0.05) is 59.4 Å². The molecule has 20 heavy (non-hydrogen) atoms. The molecule has 2 heterocycles. The van der Waals surface area contributed by atoms with Gasteiger partial charge in [-0.2, -0.15) is 0 Å². The Bertz CT molecular complexity index is 720. The van der Waals surface area contributed by atoms with Gasteiger partial charge in [0.05, 0.1) is 5.92 Å². The summed E-state index contributed by atoms with van der Waals surface area (Å²) in [5.74, 6) is 0.912. The number of hydrogen-bond acceptors (Lipinski definition) is 3. The lowest BCUT2D eigenvalue weighted by atomic mass is 9.96. The average Bonchev–Trinajstić information content (AvgIpc) is 2.54. The van der Waals surface area contributed by atoms with Gasteiger partial charge in [-0.25, -0.2) is 0 Å². The van der Waals surface area contributed by atoms with Crippen LogP contribution in [0.4, 0.5) is 0 Å². The van der Waals surface area contributed by atoms with Crippen molar-refractivity contribution in [3.63, 3.8) is 0 Å². The molecule has 4 rings (SSSR count). The number of allylic oxidation sites excluding steroid dienone is 2. The van der Waals surface area contributed by atoms with Crippen molar-refractivity contribution in [1.29, 1.82) is 0 Å². The quantitative estimate of drug-likeness (QED) is 0.777. The Morgan fingerprint density at radius 1 is 1.10 bits per heavy atom. The molecule has 0 bridgehead atoms. The Balaban J connectivity index is 1.71. The van der Waals surface area contributed by atoms with Crippen molar-refractivity contribution in [2.75, 3.05) is 0 Å². The van der Waals surface area contributed by atoms with Crippen LogP contribution in [0.5, 0.6) is 5.75 Å². The van der Waals surface area contributed by atoms with Crippen LogP contribution in [0.1, 0.15) is 17.0 Å². The third kappa shape index (κ3) is 1.95. The number of thioether (sulfide) groups is 1. The zero-order chi connectivity index (χ0) is 13.4. The molecule has 1 unspecified atom stereocenters. The van der Waals surface area contributed by atoms with Crippen LogP contribution >= 0.6 is 11.8 Å². The third-order valence-electron chi connectivity index (χ3n) is 3.56. The van der Waals surface area contributed by atoms with Crippen LogP contribution in [0.25, 0.3) is 0 Å². The number of para-hydroxylation sites is 1. The fourth-order valence-corrected chi connectivity index (χ4v) is 3.69. The van der Waals surface area contributed by atoms with Gasteiger partial charge in [0.1, 0.15) is 6.21 Å². The Morgan fingerprint density at radius 3 is 2.95 bits per heavy atom. The Kier molecular flexibility index (Phi) is 2.85. The predicted octanol–water partition coefficient (Wildman–Crippen LogP) is 4.26. The first-order valence-corrected chi connectivity index (χ1v) is 7.41. The van der Waals surface area contributed by atoms with E-state index in [0.717, 1.165) is 17.7 Å². The zero-order valence-corrected chi connectivity index (χ0v) is 11.6. The second-order valence-corrected chi connectivity index (χ2v) is 5.92. The SMILES string of the molecule is [C]1=NOc2ccccc2C1C1=CCc2ccccc2S1. The minimum atomic E-state index is 0.0818. The van der Waals surface area contributed by atoms with Gasteiger partial charge in [-0.05, 0) is 29.0 Å². The summed E-state index contributed by atoms with van der Waals surface area (Å²) in [6.45, 7) is 0. The maximum atomic E-state index is 5.29. The van der Waals surface area contributed by atoms with E-state index < -0.39 is 0 Å². The Hall–Kier alpha value is -2.00. The van der Waals surface area contributed by atoms with Crippen molar-refractivity contribution < 1.29 is 4.84 Å². The van der Waals surface area contributed by atoms with Gasteiger partial charge in [0.25, 0.3) is 0 Å². The molecule has 2 aliphatic rings. The molecule has 0 amide bonds. The van der Waals surface area contributed by atoms with E-state index in [-0.39, 0.29) is 5.92 Å². The van der Waals surface area contributed by atoms with E-state index in [1.807, 2.05) is 30.0 Å². The van der Waals surface area contributed by atoms with Crippen molar-refractivity contribution >= 4 is 18.0 Å². The summed E-state index contributed by atoms with van der Waals surface area (Å²) in [6.07, 6.45) is 6.34. The van der Waals surface area contributed by atoms with Gasteiger partial charge in [0.2, 0.25) is 0 Å². The molecule has 1 radical (unpaired) electrons. The van der Waals surface area contributed by atoms with E-state index in [1.54, 1.807) is 0 Å². The van der Waals surface area contributed by atoms with E-state index in [4.69, 9.17) is 4.84 Å². The predicted molar refractivity (Wildman–Crippen MR) is 81.3 cm³/mol. The van der Waals surface area contributed by atoms with Crippen LogP contribution in [-0.2, 0) is 6.42 Å². The van der Waals surface area contributed by atoms with E-state index in [1.165, 1.54) is 15.4 Å². The minimum Gasteiger partial charge on any atom is -0.356 e. The summed E-state index contributed by atoms with van der Waals surface area (Å²) in [5.41, 5.74) is 2.53. The molecule has 2 aromatic carbocycles. The summed E-state index contributed by atoms with van der Waals surface area (Å²) in [5, 5.41) is 3.93. The molecule has 97 valence electrons. The lowest BCUT2D eigenvalue weighted by molar-refractivity contribution is 0.331. The molecular formula is C17H12NOS. The van der Waals surface area contributed by atoms with Crippen molar-refractivity contribution in [2.45, 2.75) is 17.2 Å². The molecule has 1 atom stereocenters. The molecule has 0 N–H and O–H groups in total.